The second-order valence-corrected chi connectivity index (χ2v) is 7.57. The maximum absolute atomic E-state index is 11.2. The first kappa shape index (κ1) is 17.4. The first-order chi connectivity index (χ1) is 13.9. The van der Waals surface area contributed by atoms with Crippen molar-refractivity contribution in [2.45, 2.75) is 0 Å². The van der Waals surface area contributed by atoms with E-state index >= 15 is 0 Å². The van der Waals surface area contributed by atoms with Gasteiger partial charge in [-0.15, -0.1) is 0 Å². The van der Waals surface area contributed by atoms with Crippen LogP contribution in [-0.2, 0) is 10.4 Å². The Morgan fingerprint density at radius 2 is 1.24 bits per heavy atom. The van der Waals surface area contributed by atoms with E-state index in [0.29, 0.717) is 22.4 Å². The Labute approximate surface area is 165 Å². The van der Waals surface area contributed by atoms with Crippen molar-refractivity contribution in [1.29, 1.82) is 0 Å². The van der Waals surface area contributed by atoms with E-state index < -0.39 is 10.4 Å². The van der Waals surface area contributed by atoms with Crippen LogP contribution in [0.5, 0.6) is 5.75 Å². The van der Waals surface area contributed by atoms with Crippen LogP contribution in [0.15, 0.2) is 42.5 Å². The van der Waals surface area contributed by atoms with Crippen LogP contribution < -0.4 is 4.18 Å². The van der Waals surface area contributed by atoms with Gasteiger partial charge in [-0.1, -0.05) is 0 Å². The summed E-state index contributed by atoms with van der Waals surface area (Å²) in [4.78, 5) is 15.4. The molecule has 29 heavy (non-hydrogen) atoms. The molecule has 9 heteroatoms. The van der Waals surface area contributed by atoms with Crippen LogP contribution in [-0.4, -0.2) is 32.9 Å². The lowest BCUT2D eigenvalue weighted by molar-refractivity contribution is 0.388. The fraction of sp³-hybridized carbons (Fsp3) is 0. The molecule has 8 nitrogen and oxygen atoms in total. The minimum atomic E-state index is -4.68. The molecule has 0 fully saturated rings. The standard InChI is InChI=1S/C20H14N4O4S/c25-29(26,27)28-20-11-18-9-16-4-3-14(22-16)7-12-1-2-13(21-12)8-15-5-6-17(23-15)10-19(20)24-18/h1-11,21,24H,(H,25,26,27). The van der Waals surface area contributed by atoms with Gasteiger partial charge in [0.05, 0.1) is 28.3 Å². The molecule has 144 valence electrons. The first-order valence-electron chi connectivity index (χ1n) is 8.65. The Kier molecular flexibility index (Phi) is 3.86. The maximum atomic E-state index is 11.2. The quantitative estimate of drug-likeness (QED) is 0.383. The minimum Gasteiger partial charge on any atom is -0.359 e. The zero-order chi connectivity index (χ0) is 20.0. The number of nitrogens with zero attached hydrogens (tertiary/aromatic N) is 2. The number of rotatable bonds is 2. The number of fused-ring (bicyclic) bond motifs is 8. The molecule has 0 spiro atoms. The Bertz CT molecular complexity index is 1460. The van der Waals surface area contributed by atoms with Gasteiger partial charge in [-0.3, -0.25) is 4.55 Å². The number of hydrogen-bond acceptors (Lipinski definition) is 5. The Balaban J connectivity index is 1.83. The van der Waals surface area contributed by atoms with Crippen LogP contribution in [0.2, 0.25) is 0 Å². The summed E-state index contributed by atoms with van der Waals surface area (Å²) in [5.41, 5.74) is 5.52. The van der Waals surface area contributed by atoms with Gasteiger partial charge in [0, 0.05) is 22.6 Å². The molecule has 5 heterocycles. The third-order valence-electron chi connectivity index (χ3n) is 4.33. The zero-order valence-corrected chi connectivity index (χ0v) is 15.6. The SMILES string of the molecule is O=S(=O)(O)Oc1cc2cc3nc(cc4ccc(cc5nc(cc1[nH]2)C=C5)[nH]4)C=C3. The molecule has 2 aliphatic heterocycles. The number of H-pyrrole nitrogens is 2. The lowest BCUT2D eigenvalue weighted by Crippen LogP contribution is -2.06. The van der Waals surface area contributed by atoms with Crippen molar-refractivity contribution in [2.75, 3.05) is 0 Å². The minimum absolute atomic E-state index is 0.0384. The lowest BCUT2D eigenvalue weighted by Gasteiger charge is -1.97. The smallest absolute Gasteiger partial charge is 0.359 e. The van der Waals surface area contributed by atoms with Gasteiger partial charge in [0.1, 0.15) is 0 Å². The molecule has 3 aromatic rings. The van der Waals surface area contributed by atoms with Crippen LogP contribution in [0.3, 0.4) is 0 Å². The van der Waals surface area contributed by atoms with Gasteiger partial charge in [0.2, 0.25) is 0 Å². The number of nitrogens with one attached hydrogen (secondary N) is 2. The highest BCUT2D eigenvalue weighted by molar-refractivity contribution is 7.81. The fourth-order valence-electron chi connectivity index (χ4n) is 3.17. The van der Waals surface area contributed by atoms with Gasteiger partial charge >= 0.3 is 10.4 Å². The van der Waals surface area contributed by atoms with Crippen LogP contribution in [0.4, 0.5) is 0 Å². The Hall–Kier alpha value is -3.69. The molecule has 0 aromatic carbocycles. The third-order valence-corrected chi connectivity index (χ3v) is 4.72. The van der Waals surface area contributed by atoms with Crippen molar-refractivity contribution >= 4 is 56.8 Å². The highest BCUT2D eigenvalue weighted by atomic mass is 32.3. The molecule has 0 aliphatic carbocycles. The van der Waals surface area contributed by atoms with E-state index in [2.05, 4.69) is 19.9 Å². The summed E-state index contributed by atoms with van der Waals surface area (Å²) < 4.78 is 36.3. The predicted molar refractivity (Wildman–Crippen MR) is 111 cm³/mol. The summed E-state index contributed by atoms with van der Waals surface area (Å²) in [6.07, 6.45) is 7.37. The Morgan fingerprint density at radius 1 is 0.724 bits per heavy atom. The van der Waals surface area contributed by atoms with Crippen molar-refractivity contribution in [3.05, 3.63) is 65.2 Å². The van der Waals surface area contributed by atoms with Gasteiger partial charge < -0.3 is 14.2 Å². The van der Waals surface area contributed by atoms with Crippen molar-refractivity contribution in [2.24, 2.45) is 0 Å². The van der Waals surface area contributed by atoms with E-state index in [4.69, 9.17) is 8.74 Å². The second kappa shape index (κ2) is 6.43. The fourth-order valence-corrected chi connectivity index (χ4v) is 3.54. The number of hydrogen-bond donors (Lipinski definition) is 3. The largest absolute Gasteiger partial charge is 0.446 e. The first-order valence-corrected chi connectivity index (χ1v) is 10.0. The predicted octanol–water partition coefficient (Wildman–Crippen LogP) is 3.84. The molecule has 8 bridgehead atoms. The van der Waals surface area contributed by atoms with Crippen molar-refractivity contribution in [1.82, 2.24) is 19.9 Å². The molecule has 5 rings (SSSR count). The summed E-state index contributed by atoms with van der Waals surface area (Å²) in [6.45, 7) is 0. The third kappa shape index (κ3) is 3.82. The van der Waals surface area contributed by atoms with Crippen LogP contribution in [0.25, 0.3) is 46.4 Å². The van der Waals surface area contributed by atoms with E-state index in [1.54, 1.807) is 18.2 Å². The summed E-state index contributed by atoms with van der Waals surface area (Å²) in [7, 11) is -4.68. The molecule has 0 saturated carbocycles. The van der Waals surface area contributed by atoms with Gasteiger partial charge in [-0.25, -0.2) is 9.97 Å². The molecule has 3 aromatic heterocycles. The molecule has 2 aliphatic rings. The second-order valence-electron chi connectivity index (χ2n) is 6.55. The normalized spacial score (nSPS) is 13.0. The average molecular weight is 406 g/mol. The monoisotopic (exact) mass is 406 g/mol. The highest BCUT2D eigenvalue weighted by Gasteiger charge is 2.12. The summed E-state index contributed by atoms with van der Waals surface area (Å²) in [5.74, 6) is -0.0384. The molecule has 0 atom stereocenters. The van der Waals surface area contributed by atoms with Crippen LogP contribution >= 0.6 is 0 Å². The zero-order valence-electron chi connectivity index (χ0n) is 14.8. The molecule has 0 unspecified atom stereocenters. The van der Waals surface area contributed by atoms with Gasteiger partial charge in [-0.2, -0.15) is 8.42 Å². The van der Waals surface area contributed by atoms with E-state index in [0.717, 1.165) is 22.4 Å². The van der Waals surface area contributed by atoms with E-state index in [-0.39, 0.29) is 5.75 Å². The summed E-state index contributed by atoms with van der Waals surface area (Å²) in [6, 6.07) is 12.6. The molecular formula is C20H14N4O4S. The molecule has 0 saturated heterocycles. The number of aromatic nitrogens is 4. The Morgan fingerprint density at radius 3 is 1.79 bits per heavy atom. The topological polar surface area (TPSA) is 121 Å². The molecule has 0 radical (unpaired) electrons. The van der Waals surface area contributed by atoms with Gasteiger partial charge in [0.25, 0.3) is 0 Å². The molecule has 0 amide bonds. The average Bonchev–Trinajstić information content (AvgIpc) is 3.39. The van der Waals surface area contributed by atoms with E-state index in [1.165, 1.54) is 6.07 Å². The van der Waals surface area contributed by atoms with Gasteiger partial charge in [-0.05, 0) is 60.7 Å². The van der Waals surface area contributed by atoms with Crippen molar-refractivity contribution < 1.29 is 17.2 Å². The van der Waals surface area contributed by atoms with Crippen LogP contribution in [0, 0.1) is 0 Å². The summed E-state index contributed by atoms with van der Waals surface area (Å²) >= 11 is 0. The van der Waals surface area contributed by atoms with Crippen molar-refractivity contribution in [3.63, 3.8) is 0 Å². The molecule has 3 N–H and O–H groups in total. The maximum Gasteiger partial charge on any atom is 0.446 e. The van der Waals surface area contributed by atoms with Gasteiger partial charge in [0.15, 0.2) is 5.75 Å². The highest BCUT2D eigenvalue weighted by Crippen LogP contribution is 2.25. The van der Waals surface area contributed by atoms with E-state index in [9.17, 15) is 8.42 Å². The van der Waals surface area contributed by atoms with Crippen molar-refractivity contribution in [3.8, 4) is 5.75 Å². The molecular weight excluding hydrogens is 392 g/mol. The van der Waals surface area contributed by atoms with Crippen LogP contribution in [0.1, 0.15) is 22.8 Å². The summed E-state index contributed by atoms with van der Waals surface area (Å²) in [5, 5.41) is 0. The number of aromatic amines is 2. The lowest BCUT2D eigenvalue weighted by atomic mass is 10.3. The van der Waals surface area contributed by atoms with E-state index in [1.807, 2.05) is 42.5 Å².